The van der Waals surface area contributed by atoms with Gasteiger partial charge in [-0.2, -0.15) is 0 Å². The van der Waals surface area contributed by atoms with E-state index in [2.05, 4.69) is 4.72 Å². The van der Waals surface area contributed by atoms with E-state index >= 15 is 0 Å². The molecule has 0 saturated carbocycles. The Kier molecular flexibility index (Phi) is 3.53. The summed E-state index contributed by atoms with van der Waals surface area (Å²) >= 11 is 0. The first-order valence-corrected chi connectivity index (χ1v) is 6.83. The number of ether oxygens (including phenoxy) is 1. The van der Waals surface area contributed by atoms with Crippen LogP contribution in [0.5, 0.6) is 5.75 Å². The molecule has 0 heterocycles. The Bertz CT molecular complexity index is 624. The van der Waals surface area contributed by atoms with Crippen molar-refractivity contribution in [3.63, 3.8) is 0 Å². The van der Waals surface area contributed by atoms with E-state index in [1.807, 2.05) is 6.07 Å². The number of rotatable bonds is 4. The number of methoxy groups -OCH3 is 1. The van der Waals surface area contributed by atoms with Crippen molar-refractivity contribution in [2.24, 2.45) is 0 Å². The SMILES string of the molecule is COc1ccccc1S(=O)(=O)Nc1ccccc1. The molecule has 0 bridgehead atoms. The van der Waals surface area contributed by atoms with Crippen LogP contribution in [0.3, 0.4) is 0 Å². The van der Waals surface area contributed by atoms with Crippen molar-refractivity contribution in [3.8, 4) is 5.75 Å². The second-order valence-corrected chi connectivity index (χ2v) is 5.27. The molecule has 2 aromatic rings. The molecule has 0 aliphatic carbocycles. The summed E-state index contributed by atoms with van der Waals surface area (Å²) in [5, 5.41) is 0. The fraction of sp³-hybridized carbons (Fsp3) is 0.0769. The minimum Gasteiger partial charge on any atom is -0.495 e. The van der Waals surface area contributed by atoms with E-state index in [9.17, 15) is 8.42 Å². The maximum absolute atomic E-state index is 12.2. The zero-order chi connectivity index (χ0) is 13.0. The van der Waals surface area contributed by atoms with Crippen LogP contribution >= 0.6 is 0 Å². The molecule has 1 N–H and O–H groups in total. The quantitative estimate of drug-likeness (QED) is 0.922. The lowest BCUT2D eigenvalue weighted by Crippen LogP contribution is -2.13. The molecule has 0 aliphatic rings. The van der Waals surface area contributed by atoms with Gasteiger partial charge in [0.15, 0.2) is 0 Å². The molecular formula is C13H13NO3S. The number of sulfonamides is 1. The molecule has 0 amide bonds. The predicted molar refractivity (Wildman–Crippen MR) is 70.2 cm³/mol. The monoisotopic (exact) mass is 263 g/mol. The van der Waals surface area contributed by atoms with Gasteiger partial charge in [-0.25, -0.2) is 8.42 Å². The van der Waals surface area contributed by atoms with Gasteiger partial charge in [0.25, 0.3) is 10.0 Å². The highest BCUT2D eigenvalue weighted by atomic mass is 32.2. The number of hydrogen-bond donors (Lipinski definition) is 1. The average Bonchev–Trinajstić information content (AvgIpc) is 2.39. The van der Waals surface area contributed by atoms with Gasteiger partial charge in [-0.15, -0.1) is 0 Å². The highest BCUT2D eigenvalue weighted by Gasteiger charge is 2.18. The highest BCUT2D eigenvalue weighted by molar-refractivity contribution is 7.92. The van der Waals surface area contributed by atoms with Crippen LogP contribution in [0, 0.1) is 0 Å². The van der Waals surface area contributed by atoms with Gasteiger partial charge in [0, 0.05) is 5.69 Å². The smallest absolute Gasteiger partial charge is 0.265 e. The van der Waals surface area contributed by atoms with Gasteiger partial charge in [-0.05, 0) is 24.3 Å². The van der Waals surface area contributed by atoms with Crippen molar-refractivity contribution in [1.82, 2.24) is 0 Å². The van der Waals surface area contributed by atoms with E-state index in [1.165, 1.54) is 13.2 Å². The fourth-order valence-electron chi connectivity index (χ4n) is 1.56. The van der Waals surface area contributed by atoms with Gasteiger partial charge in [-0.3, -0.25) is 4.72 Å². The standard InChI is InChI=1S/C13H13NO3S/c1-17-12-9-5-6-10-13(12)18(15,16)14-11-7-3-2-4-8-11/h2-10,14H,1H3. The molecule has 2 aromatic carbocycles. The van der Waals surface area contributed by atoms with Crippen molar-refractivity contribution in [2.45, 2.75) is 4.90 Å². The van der Waals surface area contributed by atoms with Crippen molar-refractivity contribution >= 4 is 15.7 Å². The number of benzene rings is 2. The zero-order valence-electron chi connectivity index (χ0n) is 9.83. The third-order valence-corrected chi connectivity index (χ3v) is 3.81. The van der Waals surface area contributed by atoms with Gasteiger partial charge < -0.3 is 4.74 Å². The predicted octanol–water partition coefficient (Wildman–Crippen LogP) is 2.50. The Morgan fingerprint density at radius 3 is 2.22 bits per heavy atom. The van der Waals surface area contributed by atoms with Crippen molar-refractivity contribution < 1.29 is 13.2 Å². The molecule has 0 fully saturated rings. The summed E-state index contributed by atoms with van der Waals surface area (Å²) in [6.45, 7) is 0. The largest absolute Gasteiger partial charge is 0.495 e. The molecule has 0 unspecified atom stereocenters. The fourth-order valence-corrected chi connectivity index (χ4v) is 2.79. The second kappa shape index (κ2) is 5.10. The van der Waals surface area contributed by atoms with Crippen LogP contribution in [0.4, 0.5) is 5.69 Å². The molecule has 2 rings (SSSR count). The van der Waals surface area contributed by atoms with Crippen LogP contribution in [-0.4, -0.2) is 15.5 Å². The Hall–Kier alpha value is -2.01. The van der Waals surface area contributed by atoms with Crippen LogP contribution in [0.2, 0.25) is 0 Å². The molecule has 5 heteroatoms. The Morgan fingerprint density at radius 2 is 1.56 bits per heavy atom. The molecule has 0 saturated heterocycles. The number of nitrogens with one attached hydrogen (secondary N) is 1. The summed E-state index contributed by atoms with van der Waals surface area (Å²) in [5.74, 6) is 0.320. The minimum atomic E-state index is -3.63. The van der Waals surface area contributed by atoms with E-state index in [1.54, 1.807) is 42.5 Å². The van der Waals surface area contributed by atoms with Gasteiger partial charge in [0.1, 0.15) is 10.6 Å². The van der Waals surface area contributed by atoms with E-state index < -0.39 is 10.0 Å². The minimum absolute atomic E-state index is 0.122. The van der Waals surface area contributed by atoms with E-state index in [4.69, 9.17) is 4.74 Å². The van der Waals surface area contributed by atoms with Gasteiger partial charge in [0.2, 0.25) is 0 Å². The van der Waals surface area contributed by atoms with Crippen LogP contribution in [0.25, 0.3) is 0 Å². The van der Waals surface area contributed by atoms with Gasteiger partial charge >= 0.3 is 0 Å². The molecule has 0 spiro atoms. The molecule has 94 valence electrons. The number of anilines is 1. The maximum Gasteiger partial charge on any atom is 0.265 e. The lowest BCUT2D eigenvalue weighted by atomic mass is 10.3. The van der Waals surface area contributed by atoms with Gasteiger partial charge in [0.05, 0.1) is 7.11 Å². The highest BCUT2D eigenvalue weighted by Crippen LogP contribution is 2.24. The van der Waals surface area contributed by atoms with E-state index in [0.717, 1.165) is 0 Å². The van der Waals surface area contributed by atoms with E-state index in [0.29, 0.717) is 11.4 Å². The summed E-state index contributed by atoms with van der Waals surface area (Å²) in [5.41, 5.74) is 0.517. The number of para-hydroxylation sites is 2. The summed E-state index contributed by atoms with van der Waals surface area (Å²) in [6.07, 6.45) is 0. The molecule has 0 aliphatic heterocycles. The summed E-state index contributed by atoms with van der Waals surface area (Å²) in [4.78, 5) is 0.122. The zero-order valence-corrected chi connectivity index (χ0v) is 10.6. The van der Waals surface area contributed by atoms with Crippen molar-refractivity contribution in [2.75, 3.05) is 11.8 Å². The summed E-state index contributed by atoms with van der Waals surface area (Å²) in [7, 11) is -2.19. The van der Waals surface area contributed by atoms with Crippen LogP contribution < -0.4 is 9.46 Å². The third kappa shape index (κ3) is 2.62. The first-order valence-electron chi connectivity index (χ1n) is 5.34. The lowest BCUT2D eigenvalue weighted by Gasteiger charge is -2.11. The van der Waals surface area contributed by atoms with Crippen molar-refractivity contribution in [1.29, 1.82) is 0 Å². The molecular weight excluding hydrogens is 250 g/mol. The first-order chi connectivity index (χ1) is 8.63. The Labute approximate surface area is 106 Å². The molecule has 18 heavy (non-hydrogen) atoms. The molecule has 4 nitrogen and oxygen atoms in total. The third-order valence-electron chi connectivity index (χ3n) is 2.38. The second-order valence-electron chi connectivity index (χ2n) is 3.62. The maximum atomic E-state index is 12.2. The molecule has 0 radical (unpaired) electrons. The molecule has 0 aromatic heterocycles. The van der Waals surface area contributed by atoms with Crippen LogP contribution in [0.1, 0.15) is 0 Å². The Balaban J connectivity index is 2.37. The topological polar surface area (TPSA) is 55.4 Å². The van der Waals surface area contributed by atoms with Crippen LogP contribution in [0.15, 0.2) is 59.5 Å². The van der Waals surface area contributed by atoms with Gasteiger partial charge in [-0.1, -0.05) is 30.3 Å². The normalized spacial score (nSPS) is 10.9. The first kappa shape index (κ1) is 12.4. The van der Waals surface area contributed by atoms with Crippen LogP contribution in [-0.2, 0) is 10.0 Å². The number of hydrogen-bond acceptors (Lipinski definition) is 3. The molecule has 0 atom stereocenters. The Morgan fingerprint density at radius 1 is 0.944 bits per heavy atom. The summed E-state index contributed by atoms with van der Waals surface area (Å²) < 4.78 is 31.9. The van der Waals surface area contributed by atoms with Crippen molar-refractivity contribution in [3.05, 3.63) is 54.6 Å². The summed E-state index contributed by atoms with van der Waals surface area (Å²) in [6, 6.07) is 15.2. The van der Waals surface area contributed by atoms with E-state index in [-0.39, 0.29) is 4.90 Å². The lowest BCUT2D eigenvalue weighted by molar-refractivity contribution is 0.403. The average molecular weight is 263 g/mol.